The summed E-state index contributed by atoms with van der Waals surface area (Å²) in [6.45, 7) is 1.67. The van der Waals surface area contributed by atoms with Crippen LogP contribution >= 0.6 is 0 Å². The van der Waals surface area contributed by atoms with Gasteiger partial charge in [0.1, 0.15) is 5.75 Å². The third-order valence-corrected chi connectivity index (χ3v) is 5.71. The van der Waals surface area contributed by atoms with Gasteiger partial charge in [-0.1, -0.05) is 18.2 Å². The quantitative estimate of drug-likeness (QED) is 0.818. The van der Waals surface area contributed by atoms with E-state index in [1.165, 1.54) is 29.5 Å². The van der Waals surface area contributed by atoms with Gasteiger partial charge in [0, 0.05) is 25.2 Å². The van der Waals surface area contributed by atoms with Crippen molar-refractivity contribution in [3.05, 3.63) is 64.7 Å². The summed E-state index contributed by atoms with van der Waals surface area (Å²) in [6.07, 6.45) is 4.42. The molecule has 0 heterocycles. The lowest BCUT2D eigenvalue weighted by Gasteiger charge is -2.24. The van der Waals surface area contributed by atoms with Crippen molar-refractivity contribution in [2.45, 2.75) is 38.3 Å². The van der Waals surface area contributed by atoms with Gasteiger partial charge in [-0.05, 0) is 79.6 Å². The summed E-state index contributed by atoms with van der Waals surface area (Å²) in [5.41, 5.74) is 4.76. The molecule has 0 spiro atoms. The Hall–Kier alpha value is -2.33. The zero-order chi connectivity index (χ0) is 18.8. The molecule has 1 amide bonds. The largest absolute Gasteiger partial charge is 0.493 e. The minimum atomic E-state index is 0.0806. The minimum absolute atomic E-state index is 0.0806. The fourth-order valence-electron chi connectivity index (χ4n) is 3.80. The van der Waals surface area contributed by atoms with Crippen LogP contribution in [0.3, 0.4) is 0 Å². The molecular weight excluding hydrogens is 336 g/mol. The highest BCUT2D eigenvalue weighted by molar-refractivity contribution is 5.94. The first kappa shape index (κ1) is 18.1. The predicted octanol–water partition coefficient (Wildman–Crippen LogP) is 3.43. The van der Waals surface area contributed by atoms with Crippen molar-refractivity contribution in [3.63, 3.8) is 0 Å². The summed E-state index contributed by atoms with van der Waals surface area (Å²) in [7, 11) is 3.88. The molecule has 1 N–H and O–H groups in total. The Morgan fingerprint density at radius 2 is 1.85 bits per heavy atom. The Bertz CT molecular complexity index is 812. The Balaban J connectivity index is 1.38. The molecule has 2 aliphatic rings. The minimum Gasteiger partial charge on any atom is -0.493 e. The highest BCUT2D eigenvalue weighted by atomic mass is 16.5. The molecule has 2 aliphatic carbocycles. The number of nitrogens with one attached hydrogen (secondary N) is 1. The van der Waals surface area contributed by atoms with Gasteiger partial charge in [-0.25, -0.2) is 0 Å². The van der Waals surface area contributed by atoms with Crippen LogP contribution in [0.25, 0.3) is 0 Å². The zero-order valence-electron chi connectivity index (χ0n) is 16.2. The Labute approximate surface area is 161 Å². The second-order valence-electron chi connectivity index (χ2n) is 7.89. The van der Waals surface area contributed by atoms with E-state index in [0.717, 1.165) is 43.2 Å². The normalized spacial score (nSPS) is 18.2. The number of carbonyl (C=O) groups excluding carboxylic acids is 1. The average molecular weight is 364 g/mol. The Kier molecular flexibility index (Phi) is 5.17. The van der Waals surface area contributed by atoms with Crippen LogP contribution in [0.15, 0.2) is 42.5 Å². The lowest BCUT2D eigenvalue weighted by Crippen LogP contribution is -2.37. The number of nitrogens with zero attached hydrogens (tertiary/aromatic N) is 1. The predicted molar refractivity (Wildman–Crippen MR) is 107 cm³/mol. The van der Waals surface area contributed by atoms with Crippen LogP contribution in [0.1, 0.15) is 39.9 Å². The van der Waals surface area contributed by atoms with Crippen LogP contribution in [-0.2, 0) is 19.4 Å². The first-order valence-corrected chi connectivity index (χ1v) is 9.89. The fourth-order valence-corrected chi connectivity index (χ4v) is 3.80. The van der Waals surface area contributed by atoms with E-state index < -0.39 is 0 Å². The second kappa shape index (κ2) is 7.73. The number of ether oxygens (including phenoxy) is 1. The first-order valence-electron chi connectivity index (χ1n) is 9.89. The fraction of sp³-hybridized carbons (Fsp3) is 0.435. The first-order chi connectivity index (χ1) is 13.1. The SMILES string of the molecule is CNCc1ccc2c(c1)CC(N(C)C(=O)c1ccc(OCC3CC3)cc1)C2. The van der Waals surface area contributed by atoms with Crippen LogP contribution in [0, 0.1) is 5.92 Å². The maximum Gasteiger partial charge on any atom is 0.253 e. The summed E-state index contributed by atoms with van der Waals surface area (Å²) >= 11 is 0. The molecule has 1 saturated carbocycles. The lowest BCUT2D eigenvalue weighted by atomic mass is 10.1. The van der Waals surface area contributed by atoms with Crippen molar-refractivity contribution in [3.8, 4) is 5.75 Å². The van der Waals surface area contributed by atoms with Crippen LogP contribution in [0.2, 0.25) is 0 Å². The van der Waals surface area contributed by atoms with Crippen molar-refractivity contribution in [1.82, 2.24) is 10.2 Å². The number of amides is 1. The van der Waals surface area contributed by atoms with Gasteiger partial charge in [-0.2, -0.15) is 0 Å². The number of carbonyl (C=O) groups is 1. The lowest BCUT2D eigenvalue weighted by molar-refractivity contribution is 0.0737. The molecule has 142 valence electrons. The highest BCUT2D eigenvalue weighted by Gasteiger charge is 2.28. The van der Waals surface area contributed by atoms with Crippen molar-refractivity contribution in [2.24, 2.45) is 5.92 Å². The molecule has 2 aromatic rings. The number of hydrogen-bond donors (Lipinski definition) is 1. The van der Waals surface area contributed by atoms with Crippen molar-refractivity contribution in [2.75, 3.05) is 20.7 Å². The maximum atomic E-state index is 12.9. The van der Waals surface area contributed by atoms with Crippen LogP contribution in [0.4, 0.5) is 0 Å². The molecule has 0 aliphatic heterocycles. The Morgan fingerprint density at radius 1 is 1.11 bits per heavy atom. The number of benzene rings is 2. The van der Waals surface area contributed by atoms with Gasteiger partial charge in [-0.15, -0.1) is 0 Å². The summed E-state index contributed by atoms with van der Waals surface area (Å²) in [5, 5.41) is 3.20. The molecule has 2 aromatic carbocycles. The van der Waals surface area contributed by atoms with E-state index in [1.54, 1.807) is 0 Å². The van der Waals surface area contributed by atoms with Crippen molar-refractivity contribution >= 4 is 5.91 Å². The van der Waals surface area contributed by atoms with E-state index in [4.69, 9.17) is 4.74 Å². The summed E-state index contributed by atoms with van der Waals surface area (Å²) < 4.78 is 5.77. The molecule has 1 atom stereocenters. The molecule has 0 radical (unpaired) electrons. The van der Waals surface area contributed by atoms with E-state index in [9.17, 15) is 4.79 Å². The van der Waals surface area contributed by atoms with Crippen molar-refractivity contribution in [1.29, 1.82) is 0 Å². The molecule has 1 fully saturated rings. The van der Waals surface area contributed by atoms with E-state index in [2.05, 4.69) is 23.5 Å². The standard InChI is InChI=1S/C23H28N2O2/c1-24-14-17-5-6-19-12-21(13-20(19)11-17)25(2)23(26)18-7-9-22(10-8-18)27-15-16-3-4-16/h5-11,16,21,24H,3-4,12-15H2,1-2H3. The highest BCUT2D eigenvalue weighted by Crippen LogP contribution is 2.30. The van der Waals surface area contributed by atoms with Gasteiger partial charge < -0.3 is 15.0 Å². The molecule has 0 saturated heterocycles. The van der Waals surface area contributed by atoms with E-state index in [-0.39, 0.29) is 11.9 Å². The van der Waals surface area contributed by atoms with Crippen LogP contribution in [-0.4, -0.2) is 37.6 Å². The summed E-state index contributed by atoms with van der Waals surface area (Å²) in [6, 6.07) is 14.5. The molecule has 0 bridgehead atoms. The van der Waals surface area contributed by atoms with E-state index in [1.807, 2.05) is 43.3 Å². The third kappa shape index (κ3) is 4.16. The molecule has 0 aromatic heterocycles. The van der Waals surface area contributed by atoms with Gasteiger partial charge in [0.05, 0.1) is 6.61 Å². The number of hydrogen-bond acceptors (Lipinski definition) is 3. The number of fused-ring (bicyclic) bond motifs is 1. The topological polar surface area (TPSA) is 41.6 Å². The maximum absolute atomic E-state index is 12.9. The molecule has 4 nitrogen and oxygen atoms in total. The van der Waals surface area contributed by atoms with Gasteiger partial charge in [-0.3, -0.25) is 4.79 Å². The van der Waals surface area contributed by atoms with Gasteiger partial charge in [0.25, 0.3) is 5.91 Å². The summed E-state index contributed by atoms with van der Waals surface area (Å²) in [5.74, 6) is 1.67. The number of rotatable bonds is 7. The average Bonchev–Trinajstić information content (AvgIpc) is 3.43. The van der Waals surface area contributed by atoms with Crippen LogP contribution in [0.5, 0.6) is 5.75 Å². The molecule has 27 heavy (non-hydrogen) atoms. The number of likely N-dealkylation sites (N-methyl/N-ethyl adjacent to an activating group) is 1. The van der Waals surface area contributed by atoms with E-state index in [0.29, 0.717) is 0 Å². The smallest absolute Gasteiger partial charge is 0.253 e. The second-order valence-corrected chi connectivity index (χ2v) is 7.89. The van der Waals surface area contributed by atoms with Gasteiger partial charge in [0.15, 0.2) is 0 Å². The zero-order valence-corrected chi connectivity index (χ0v) is 16.2. The van der Waals surface area contributed by atoms with Gasteiger partial charge >= 0.3 is 0 Å². The molecule has 4 rings (SSSR count). The molecular formula is C23H28N2O2. The Morgan fingerprint density at radius 3 is 2.56 bits per heavy atom. The monoisotopic (exact) mass is 364 g/mol. The van der Waals surface area contributed by atoms with E-state index >= 15 is 0 Å². The van der Waals surface area contributed by atoms with Crippen molar-refractivity contribution < 1.29 is 9.53 Å². The molecule has 4 heteroatoms. The van der Waals surface area contributed by atoms with Crippen LogP contribution < -0.4 is 10.1 Å². The molecule has 1 unspecified atom stereocenters. The third-order valence-electron chi connectivity index (χ3n) is 5.71. The van der Waals surface area contributed by atoms with Gasteiger partial charge in [0.2, 0.25) is 0 Å². The summed E-state index contributed by atoms with van der Waals surface area (Å²) in [4.78, 5) is 14.8.